The zero-order valence-electron chi connectivity index (χ0n) is 35.4. The van der Waals surface area contributed by atoms with E-state index in [1.165, 1.54) is 11.8 Å². The van der Waals surface area contributed by atoms with E-state index in [1.807, 2.05) is 45.0 Å². The Morgan fingerprint density at radius 2 is 1.66 bits per heavy atom. The number of fused-ring (bicyclic) bond motifs is 1. The van der Waals surface area contributed by atoms with Crippen LogP contribution in [-0.2, 0) is 57.7 Å². The molecule has 2 aliphatic rings. The first-order valence-electron chi connectivity index (χ1n) is 21.1. The molecule has 5 atom stereocenters. The lowest BCUT2D eigenvalue weighted by atomic mass is 9.87. The standard InChI is InChI=1S/C43H61N7O9/c1-7-12-30(40(55)36(53)18-17-28(6)51)21-37(54)35-23-33(59-43(58)49-20-19-29-13-8-9-14-31(29)24-49)25-50(35)42(57)39(27(4)5)44-41(56)34(26(2)3)22-32(52)15-10-11-16-38-45-47-48-46-38/h8-9,13-14,26-27,30,33-35,39H,7,10-12,15-25H2,1-6H3,(H,44,56)(H,45,46,47,48)/t30?,33-,34-,35?,39+/m1/s1. The van der Waals surface area contributed by atoms with Crippen molar-refractivity contribution in [2.75, 3.05) is 13.1 Å². The van der Waals surface area contributed by atoms with Crippen molar-refractivity contribution in [3.8, 4) is 0 Å². The molecule has 16 nitrogen and oxygen atoms in total. The lowest BCUT2D eigenvalue weighted by molar-refractivity contribution is -0.144. The van der Waals surface area contributed by atoms with Gasteiger partial charge in [0, 0.05) is 69.9 Å². The van der Waals surface area contributed by atoms with Gasteiger partial charge in [-0.25, -0.2) is 4.79 Å². The number of aromatic nitrogens is 4. The number of aryl methyl sites for hydroxylation is 1. The van der Waals surface area contributed by atoms with Gasteiger partial charge in [-0.15, -0.1) is 10.2 Å². The molecule has 0 spiro atoms. The van der Waals surface area contributed by atoms with Crippen LogP contribution in [0.4, 0.5) is 4.79 Å². The van der Waals surface area contributed by atoms with Crippen LogP contribution in [0.3, 0.4) is 0 Å². The molecule has 2 aromatic rings. The van der Waals surface area contributed by atoms with E-state index in [9.17, 15) is 38.4 Å². The summed E-state index contributed by atoms with van der Waals surface area (Å²) in [6, 6.07) is 5.65. The molecule has 4 rings (SSSR count). The van der Waals surface area contributed by atoms with Crippen LogP contribution in [0.1, 0.15) is 123 Å². The third-order valence-electron chi connectivity index (χ3n) is 11.3. The van der Waals surface area contributed by atoms with Crippen molar-refractivity contribution < 1.29 is 43.1 Å². The quantitative estimate of drug-likeness (QED) is 0.118. The number of tetrazole rings is 1. The van der Waals surface area contributed by atoms with Crippen LogP contribution in [0.15, 0.2) is 24.3 Å². The molecular formula is C43H61N7O9. The fourth-order valence-corrected chi connectivity index (χ4v) is 7.82. The van der Waals surface area contributed by atoms with E-state index >= 15 is 0 Å². The molecule has 0 saturated carbocycles. The highest BCUT2D eigenvalue weighted by atomic mass is 16.6. The Balaban J connectivity index is 1.50. The van der Waals surface area contributed by atoms with Crippen LogP contribution < -0.4 is 5.32 Å². The number of aromatic amines is 1. The summed E-state index contributed by atoms with van der Waals surface area (Å²) >= 11 is 0. The second-order valence-corrected chi connectivity index (χ2v) is 16.7. The van der Waals surface area contributed by atoms with Crippen LogP contribution in [0, 0.1) is 23.7 Å². The maximum atomic E-state index is 14.6. The Kier molecular flexibility index (Phi) is 17.6. The van der Waals surface area contributed by atoms with Gasteiger partial charge in [0.25, 0.3) is 0 Å². The average molecular weight is 820 g/mol. The number of unbranched alkanes of at least 4 members (excludes halogenated alkanes) is 1. The van der Waals surface area contributed by atoms with E-state index < -0.39 is 71.2 Å². The van der Waals surface area contributed by atoms with E-state index in [1.54, 1.807) is 18.7 Å². The molecule has 3 amide bonds. The highest BCUT2D eigenvalue weighted by Crippen LogP contribution is 2.29. The number of H-pyrrole nitrogens is 1. The van der Waals surface area contributed by atoms with Gasteiger partial charge in [0.15, 0.2) is 17.4 Å². The largest absolute Gasteiger partial charge is 0.444 e. The van der Waals surface area contributed by atoms with Crippen molar-refractivity contribution in [1.29, 1.82) is 0 Å². The lowest BCUT2D eigenvalue weighted by Crippen LogP contribution is -2.55. The minimum Gasteiger partial charge on any atom is -0.444 e. The van der Waals surface area contributed by atoms with Crippen LogP contribution in [0.25, 0.3) is 0 Å². The highest BCUT2D eigenvalue weighted by Gasteiger charge is 2.45. The number of hydrogen-bond donors (Lipinski definition) is 2. The number of ketones is 5. The number of ether oxygens (including phenoxy) is 1. The second kappa shape index (κ2) is 22.3. The Morgan fingerprint density at radius 1 is 0.932 bits per heavy atom. The van der Waals surface area contributed by atoms with Gasteiger partial charge in [-0.3, -0.25) is 28.8 Å². The number of nitrogens with one attached hydrogen (secondary N) is 2. The third-order valence-corrected chi connectivity index (χ3v) is 11.3. The number of hydrogen-bond acceptors (Lipinski definition) is 12. The number of nitrogens with zero attached hydrogens (tertiary/aromatic N) is 5. The molecule has 0 aliphatic carbocycles. The molecule has 2 unspecified atom stereocenters. The monoisotopic (exact) mass is 819 g/mol. The van der Waals surface area contributed by atoms with Gasteiger partial charge < -0.3 is 24.6 Å². The Hall–Kier alpha value is -5.15. The third kappa shape index (κ3) is 13.4. The van der Waals surface area contributed by atoms with Crippen molar-refractivity contribution in [1.82, 2.24) is 35.7 Å². The van der Waals surface area contributed by atoms with E-state index in [0.29, 0.717) is 51.0 Å². The first-order valence-corrected chi connectivity index (χ1v) is 21.1. The number of carbonyl (C=O) groups is 8. The fraction of sp³-hybridized carbons (Fsp3) is 0.651. The molecule has 3 heterocycles. The minimum atomic E-state index is -1.10. The maximum absolute atomic E-state index is 14.6. The molecule has 0 radical (unpaired) electrons. The first-order chi connectivity index (χ1) is 28.1. The maximum Gasteiger partial charge on any atom is 0.410 e. The van der Waals surface area contributed by atoms with E-state index in [0.717, 1.165) is 11.1 Å². The van der Waals surface area contributed by atoms with Gasteiger partial charge in [0.05, 0.1) is 12.6 Å². The molecule has 1 aromatic carbocycles. The molecule has 322 valence electrons. The summed E-state index contributed by atoms with van der Waals surface area (Å²) in [6.07, 6.45) is 1.42. The summed E-state index contributed by atoms with van der Waals surface area (Å²) in [7, 11) is 0. The summed E-state index contributed by atoms with van der Waals surface area (Å²) in [6.45, 7) is 11.1. The molecule has 0 bridgehead atoms. The number of benzene rings is 1. The zero-order chi connectivity index (χ0) is 43.2. The Labute approximate surface area is 346 Å². The Bertz CT molecular complexity index is 1810. The first kappa shape index (κ1) is 46.5. The molecule has 1 aromatic heterocycles. The lowest BCUT2D eigenvalue weighted by Gasteiger charge is -2.32. The van der Waals surface area contributed by atoms with Crippen molar-refractivity contribution in [2.24, 2.45) is 23.7 Å². The molecular weight excluding hydrogens is 759 g/mol. The van der Waals surface area contributed by atoms with Gasteiger partial charge in [-0.1, -0.05) is 70.5 Å². The number of amides is 3. The summed E-state index contributed by atoms with van der Waals surface area (Å²) < 4.78 is 5.97. The normalized spacial score (nSPS) is 17.9. The zero-order valence-corrected chi connectivity index (χ0v) is 35.4. The highest BCUT2D eigenvalue weighted by molar-refractivity contribution is 6.38. The Morgan fingerprint density at radius 3 is 2.31 bits per heavy atom. The van der Waals surface area contributed by atoms with Crippen molar-refractivity contribution >= 4 is 46.8 Å². The van der Waals surface area contributed by atoms with Crippen molar-refractivity contribution in [2.45, 2.75) is 143 Å². The van der Waals surface area contributed by atoms with Gasteiger partial charge in [-0.05, 0) is 55.6 Å². The van der Waals surface area contributed by atoms with Crippen LogP contribution in [0.2, 0.25) is 0 Å². The van der Waals surface area contributed by atoms with Gasteiger partial charge in [0.2, 0.25) is 17.6 Å². The number of Topliss-reactive ketones (excluding diaryl/α,β-unsaturated/α-hetero) is 5. The van der Waals surface area contributed by atoms with Gasteiger partial charge in [0.1, 0.15) is 23.7 Å². The minimum absolute atomic E-state index is 0.00742. The molecule has 16 heteroatoms. The van der Waals surface area contributed by atoms with E-state index in [2.05, 4.69) is 25.9 Å². The predicted octanol–water partition coefficient (Wildman–Crippen LogP) is 4.33. The van der Waals surface area contributed by atoms with E-state index in [4.69, 9.17) is 4.74 Å². The van der Waals surface area contributed by atoms with Crippen LogP contribution in [-0.4, -0.2) is 109 Å². The van der Waals surface area contributed by atoms with Gasteiger partial charge >= 0.3 is 6.09 Å². The second-order valence-electron chi connectivity index (χ2n) is 16.7. The van der Waals surface area contributed by atoms with Gasteiger partial charge in [-0.2, -0.15) is 5.21 Å². The fourth-order valence-electron chi connectivity index (χ4n) is 7.82. The number of rotatable bonds is 23. The number of carbonyl (C=O) groups excluding carboxylic acids is 8. The van der Waals surface area contributed by atoms with Crippen LogP contribution in [0.5, 0.6) is 0 Å². The molecule has 1 fully saturated rings. The van der Waals surface area contributed by atoms with Crippen molar-refractivity contribution in [3.63, 3.8) is 0 Å². The molecule has 1 saturated heterocycles. The average Bonchev–Trinajstić information content (AvgIpc) is 3.89. The summed E-state index contributed by atoms with van der Waals surface area (Å²) in [5.74, 6) is -4.97. The van der Waals surface area contributed by atoms with Crippen molar-refractivity contribution in [3.05, 3.63) is 41.2 Å². The number of likely N-dealkylation sites (tertiary alicyclic amines) is 1. The van der Waals surface area contributed by atoms with E-state index in [-0.39, 0.29) is 69.0 Å². The summed E-state index contributed by atoms with van der Waals surface area (Å²) in [5, 5.41) is 16.7. The topological polar surface area (TPSA) is 219 Å². The molecule has 59 heavy (non-hydrogen) atoms. The smallest absolute Gasteiger partial charge is 0.410 e. The summed E-state index contributed by atoms with van der Waals surface area (Å²) in [4.78, 5) is 110. The SMILES string of the molecule is CCCC(CC(=O)C1C[C@@H](OC(=O)N2CCc3ccccc3C2)CN1C(=O)[C@@H](NC(=O)[C@H](CC(=O)CCCCc1nn[nH]n1)C(C)C)C(C)C)C(=O)C(=O)CCC(C)=O. The molecule has 2 aliphatic heterocycles. The van der Waals surface area contributed by atoms with Crippen LogP contribution >= 0.6 is 0 Å². The predicted molar refractivity (Wildman–Crippen MR) is 215 cm³/mol. The molecule has 2 N–H and O–H groups in total. The summed E-state index contributed by atoms with van der Waals surface area (Å²) in [5.41, 5.74) is 2.16.